The van der Waals surface area contributed by atoms with E-state index in [1.807, 2.05) is 23.6 Å². The number of fused-ring (bicyclic) bond motifs is 1. The number of benzene rings is 2. The summed E-state index contributed by atoms with van der Waals surface area (Å²) in [5.74, 6) is 0. The number of thiophene rings is 1. The van der Waals surface area contributed by atoms with Gasteiger partial charge in [0.2, 0.25) is 0 Å². The summed E-state index contributed by atoms with van der Waals surface area (Å²) in [6.45, 7) is 0. The molecule has 0 radical (unpaired) electrons. The predicted molar refractivity (Wildman–Crippen MR) is 84.6 cm³/mol. The fraction of sp³-hybridized carbons (Fsp3) is 0.125. The molecule has 3 aromatic rings. The monoisotopic (exact) mass is 332 g/mol. The van der Waals surface area contributed by atoms with Gasteiger partial charge in [0, 0.05) is 6.42 Å². The van der Waals surface area contributed by atoms with Crippen LogP contribution in [0.4, 0.5) is 0 Å². The molecule has 1 aromatic heterocycles. The molecule has 2 aromatic carbocycles. The van der Waals surface area contributed by atoms with Gasteiger partial charge >= 0.3 is 0 Å². The molecule has 1 nitrogen and oxygen atoms in total. The minimum Gasteiger partial charge on any atom is -0.388 e. The molecule has 3 rings (SSSR count). The van der Waals surface area contributed by atoms with Crippen molar-refractivity contribution in [1.29, 1.82) is 0 Å². The summed E-state index contributed by atoms with van der Waals surface area (Å²) >= 11 is 5.03. The molecule has 0 amide bonds. The van der Waals surface area contributed by atoms with Crippen molar-refractivity contribution in [3.8, 4) is 0 Å². The van der Waals surface area contributed by atoms with E-state index in [4.69, 9.17) is 0 Å². The quantitative estimate of drug-likeness (QED) is 0.720. The first kappa shape index (κ1) is 12.9. The number of aliphatic hydroxyl groups excluding tert-OH is 1. The molecule has 0 spiro atoms. The Labute approximate surface area is 124 Å². The summed E-state index contributed by atoms with van der Waals surface area (Å²) in [7, 11) is 0. The van der Waals surface area contributed by atoms with Crippen LogP contribution in [0, 0.1) is 0 Å². The number of rotatable bonds is 3. The van der Waals surface area contributed by atoms with Gasteiger partial charge in [-0.3, -0.25) is 0 Å². The Morgan fingerprint density at radius 1 is 1.05 bits per heavy atom. The van der Waals surface area contributed by atoms with Gasteiger partial charge in [-0.15, -0.1) is 11.3 Å². The standard InChI is InChI=1S/C16H13BrOS/c17-16-9-14(10-19-16)15(18)8-11-5-6-12-3-1-2-4-13(12)7-11/h1-7,9-10,15,18H,8H2. The van der Waals surface area contributed by atoms with Crippen LogP contribution in [0.2, 0.25) is 0 Å². The maximum atomic E-state index is 10.2. The molecule has 19 heavy (non-hydrogen) atoms. The summed E-state index contributed by atoms with van der Waals surface area (Å²) in [6.07, 6.45) is 0.206. The van der Waals surface area contributed by atoms with E-state index < -0.39 is 6.10 Å². The fourth-order valence-corrected chi connectivity index (χ4v) is 3.43. The van der Waals surface area contributed by atoms with Crippen LogP contribution in [0.15, 0.2) is 57.7 Å². The number of aliphatic hydroxyl groups is 1. The van der Waals surface area contributed by atoms with E-state index in [1.165, 1.54) is 10.8 Å². The Hall–Kier alpha value is -1.16. The van der Waals surface area contributed by atoms with Crippen LogP contribution in [-0.2, 0) is 6.42 Å². The molecule has 96 valence electrons. The van der Waals surface area contributed by atoms with E-state index in [2.05, 4.69) is 46.3 Å². The second-order valence-corrected chi connectivity index (χ2v) is 6.88. The number of halogens is 1. The number of hydrogen-bond donors (Lipinski definition) is 1. The molecule has 1 atom stereocenters. The Morgan fingerprint density at radius 2 is 1.84 bits per heavy atom. The molecule has 1 N–H and O–H groups in total. The highest BCUT2D eigenvalue weighted by Gasteiger charge is 2.10. The van der Waals surface area contributed by atoms with Crippen molar-refractivity contribution in [2.45, 2.75) is 12.5 Å². The fourth-order valence-electron chi connectivity index (χ4n) is 2.21. The Bertz CT molecular complexity index is 705. The van der Waals surface area contributed by atoms with E-state index in [0.29, 0.717) is 6.42 Å². The third-order valence-corrected chi connectivity index (χ3v) is 4.74. The Kier molecular flexibility index (Phi) is 3.69. The van der Waals surface area contributed by atoms with Gasteiger partial charge in [-0.05, 0) is 49.3 Å². The van der Waals surface area contributed by atoms with Crippen molar-refractivity contribution in [3.63, 3.8) is 0 Å². The van der Waals surface area contributed by atoms with Crippen molar-refractivity contribution in [2.75, 3.05) is 0 Å². The summed E-state index contributed by atoms with van der Waals surface area (Å²) < 4.78 is 1.06. The second kappa shape index (κ2) is 5.45. The average Bonchev–Trinajstić information content (AvgIpc) is 2.85. The zero-order valence-electron chi connectivity index (χ0n) is 10.2. The Balaban J connectivity index is 1.84. The summed E-state index contributed by atoms with van der Waals surface area (Å²) in [5.41, 5.74) is 2.14. The maximum absolute atomic E-state index is 10.2. The lowest BCUT2D eigenvalue weighted by Crippen LogP contribution is -2.00. The van der Waals surface area contributed by atoms with Gasteiger partial charge < -0.3 is 5.11 Å². The Morgan fingerprint density at radius 3 is 2.58 bits per heavy atom. The molecule has 0 aliphatic carbocycles. The lowest BCUT2D eigenvalue weighted by Gasteiger charge is -2.09. The third-order valence-electron chi connectivity index (χ3n) is 3.22. The average molecular weight is 333 g/mol. The van der Waals surface area contributed by atoms with Crippen LogP contribution < -0.4 is 0 Å². The van der Waals surface area contributed by atoms with Gasteiger partial charge in [-0.2, -0.15) is 0 Å². The van der Waals surface area contributed by atoms with Gasteiger partial charge in [0.1, 0.15) is 0 Å². The van der Waals surface area contributed by atoms with Crippen molar-refractivity contribution >= 4 is 38.0 Å². The lowest BCUT2D eigenvalue weighted by atomic mass is 10.0. The molecule has 0 aliphatic rings. The zero-order valence-corrected chi connectivity index (χ0v) is 12.6. The molecule has 0 fully saturated rings. The van der Waals surface area contributed by atoms with Gasteiger partial charge in [0.05, 0.1) is 9.89 Å². The van der Waals surface area contributed by atoms with E-state index in [0.717, 1.165) is 14.9 Å². The molecule has 0 saturated heterocycles. The molecular formula is C16H13BrOS. The first-order chi connectivity index (χ1) is 9.22. The van der Waals surface area contributed by atoms with Crippen LogP contribution >= 0.6 is 27.3 Å². The topological polar surface area (TPSA) is 20.2 Å². The third kappa shape index (κ3) is 2.89. The van der Waals surface area contributed by atoms with Gasteiger partial charge in [-0.25, -0.2) is 0 Å². The summed E-state index contributed by atoms with van der Waals surface area (Å²) in [6, 6.07) is 16.6. The SMILES string of the molecule is OC(Cc1ccc2ccccc2c1)c1csc(Br)c1. The molecule has 0 bridgehead atoms. The molecular weight excluding hydrogens is 320 g/mol. The highest BCUT2D eigenvalue weighted by molar-refractivity contribution is 9.11. The first-order valence-electron chi connectivity index (χ1n) is 6.12. The van der Waals surface area contributed by atoms with Crippen molar-refractivity contribution < 1.29 is 5.11 Å². The van der Waals surface area contributed by atoms with E-state index in [9.17, 15) is 5.11 Å². The highest BCUT2D eigenvalue weighted by Crippen LogP contribution is 2.28. The smallest absolute Gasteiger partial charge is 0.0838 e. The van der Waals surface area contributed by atoms with E-state index in [1.54, 1.807) is 11.3 Å². The maximum Gasteiger partial charge on any atom is 0.0838 e. The number of hydrogen-bond acceptors (Lipinski definition) is 2. The predicted octanol–water partition coefficient (Wildman–Crippen LogP) is 4.94. The van der Waals surface area contributed by atoms with E-state index >= 15 is 0 Å². The van der Waals surface area contributed by atoms with Crippen molar-refractivity contribution in [2.24, 2.45) is 0 Å². The van der Waals surface area contributed by atoms with Gasteiger partial charge in [-0.1, -0.05) is 42.5 Å². The highest BCUT2D eigenvalue weighted by atomic mass is 79.9. The minimum absolute atomic E-state index is 0.441. The van der Waals surface area contributed by atoms with Gasteiger partial charge in [0.25, 0.3) is 0 Å². The largest absolute Gasteiger partial charge is 0.388 e. The summed E-state index contributed by atoms with van der Waals surface area (Å²) in [5, 5.41) is 14.7. The molecule has 0 aliphatic heterocycles. The molecule has 3 heteroatoms. The van der Waals surface area contributed by atoms with Crippen LogP contribution in [0.5, 0.6) is 0 Å². The summed E-state index contributed by atoms with van der Waals surface area (Å²) in [4.78, 5) is 0. The lowest BCUT2D eigenvalue weighted by molar-refractivity contribution is 0.179. The van der Waals surface area contributed by atoms with Crippen LogP contribution in [0.25, 0.3) is 10.8 Å². The van der Waals surface area contributed by atoms with Crippen LogP contribution in [0.3, 0.4) is 0 Å². The minimum atomic E-state index is -0.441. The zero-order chi connectivity index (χ0) is 13.2. The second-order valence-electron chi connectivity index (χ2n) is 4.59. The van der Waals surface area contributed by atoms with Gasteiger partial charge in [0.15, 0.2) is 0 Å². The molecule has 1 unspecified atom stereocenters. The van der Waals surface area contributed by atoms with Crippen molar-refractivity contribution in [3.05, 3.63) is 68.8 Å². The molecule has 0 saturated carbocycles. The first-order valence-corrected chi connectivity index (χ1v) is 7.79. The normalized spacial score (nSPS) is 12.7. The van der Waals surface area contributed by atoms with Crippen LogP contribution in [0.1, 0.15) is 17.2 Å². The van der Waals surface area contributed by atoms with Crippen LogP contribution in [-0.4, -0.2) is 5.11 Å². The van der Waals surface area contributed by atoms with E-state index in [-0.39, 0.29) is 0 Å². The van der Waals surface area contributed by atoms with Crippen molar-refractivity contribution in [1.82, 2.24) is 0 Å². The molecule has 1 heterocycles.